The second-order valence-electron chi connectivity index (χ2n) is 8.08. The number of amides is 1. The maximum atomic E-state index is 13.1. The molecule has 0 spiro atoms. The third-order valence-electron chi connectivity index (χ3n) is 5.72. The van der Waals surface area contributed by atoms with Crippen LogP contribution >= 0.6 is 0 Å². The normalized spacial score (nSPS) is 18.0. The predicted molar refractivity (Wildman–Crippen MR) is 118 cm³/mol. The number of Topliss-reactive ketones (excluding diaryl/α,β-unsaturated/α-hetero) is 1. The van der Waals surface area contributed by atoms with Crippen molar-refractivity contribution in [2.24, 2.45) is 7.05 Å². The highest BCUT2D eigenvalue weighted by Crippen LogP contribution is 2.40. The number of methoxy groups -OCH3 is 1. The minimum absolute atomic E-state index is 0.0128. The topological polar surface area (TPSA) is 105 Å². The van der Waals surface area contributed by atoms with Gasteiger partial charge in [0.1, 0.15) is 5.76 Å². The Morgan fingerprint density at radius 2 is 1.81 bits per heavy atom. The van der Waals surface area contributed by atoms with Gasteiger partial charge in [-0.2, -0.15) is 5.10 Å². The van der Waals surface area contributed by atoms with E-state index < -0.39 is 23.7 Å². The highest BCUT2D eigenvalue weighted by atomic mass is 16.5. The van der Waals surface area contributed by atoms with Gasteiger partial charge in [-0.3, -0.25) is 14.3 Å². The lowest BCUT2D eigenvalue weighted by molar-refractivity contribution is -0.140. The summed E-state index contributed by atoms with van der Waals surface area (Å²) in [5.74, 6) is -2.15. The van der Waals surface area contributed by atoms with E-state index in [4.69, 9.17) is 4.74 Å². The minimum Gasteiger partial charge on any atom is -0.507 e. The maximum absolute atomic E-state index is 13.1. The average molecular weight is 441 g/mol. The Labute approximate surface area is 186 Å². The fourth-order valence-corrected chi connectivity index (χ4v) is 3.94. The molecule has 0 aliphatic carbocycles. The van der Waals surface area contributed by atoms with Crippen LogP contribution in [0.25, 0.3) is 5.76 Å². The number of nitrogens with zero attached hydrogens (tertiary/aromatic N) is 4. The number of carbonyl (C=O) groups is 3. The second-order valence-corrected chi connectivity index (χ2v) is 8.08. The number of hydrogen-bond donors (Lipinski definition) is 1. The lowest BCUT2D eigenvalue weighted by Crippen LogP contribution is -2.35. The number of aromatic nitrogens is 2. The van der Waals surface area contributed by atoms with Crippen LogP contribution in [-0.4, -0.2) is 76.6 Å². The molecule has 2 heterocycles. The molecule has 0 unspecified atom stereocenters. The van der Waals surface area contributed by atoms with Crippen LogP contribution in [0.1, 0.15) is 38.9 Å². The Balaban J connectivity index is 2.18. The van der Waals surface area contributed by atoms with Crippen LogP contribution in [0.4, 0.5) is 0 Å². The Bertz CT molecular complexity index is 1100. The molecule has 1 saturated heterocycles. The number of hydrogen-bond acceptors (Lipinski definition) is 7. The molecule has 0 saturated carbocycles. The van der Waals surface area contributed by atoms with Crippen molar-refractivity contribution in [3.63, 3.8) is 0 Å². The molecule has 170 valence electrons. The third kappa shape index (κ3) is 4.03. The molecular weight excluding hydrogens is 412 g/mol. The van der Waals surface area contributed by atoms with E-state index in [2.05, 4.69) is 5.10 Å². The molecular formula is C23H28N4O5. The molecule has 1 aliphatic heterocycles. The molecule has 1 aromatic carbocycles. The summed E-state index contributed by atoms with van der Waals surface area (Å²) in [4.78, 5) is 41.2. The summed E-state index contributed by atoms with van der Waals surface area (Å²) >= 11 is 0. The Morgan fingerprint density at radius 1 is 1.19 bits per heavy atom. The van der Waals surface area contributed by atoms with Gasteiger partial charge in [-0.1, -0.05) is 12.1 Å². The van der Waals surface area contributed by atoms with Crippen molar-refractivity contribution in [2.45, 2.75) is 19.9 Å². The summed E-state index contributed by atoms with van der Waals surface area (Å²) in [6, 6.07) is 5.70. The number of aliphatic hydroxyl groups excluding tert-OH is 1. The standard InChI is InChI=1S/C23H28N4O5/c1-13-17(14(2)26(5)24-13)20(28)18-19(15-7-9-16(10-8-15)23(31)32-6)27(12-11-25(3)4)22(30)21(18)29/h7-10,19,28H,11-12H2,1-6H3/b20-18+/t19-/m1/s1. The summed E-state index contributed by atoms with van der Waals surface area (Å²) in [5.41, 5.74) is 2.64. The Kier molecular flexibility index (Phi) is 6.50. The monoisotopic (exact) mass is 440 g/mol. The van der Waals surface area contributed by atoms with Crippen LogP contribution in [0.3, 0.4) is 0 Å². The summed E-state index contributed by atoms with van der Waals surface area (Å²) in [5, 5.41) is 15.6. The largest absolute Gasteiger partial charge is 0.507 e. The van der Waals surface area contributed by atoms with E-state index in [1.807, 2.05) is 19.0 Å². The third-order valence-corrected chi connectivity index (χ3v) is 5.72. The number of ketones is 1. The molecule has 1 aliphatic rings. The van der Waals surface area contributed by atoms with Crippen molar-refractivity contribution in [3.8, 4) is 0 Å². The first-order valence-electron chi connectivity index (χ1n) is 10.2. The van der Waals surface area contributed by atoms with Crippen molar-refractivity contribution in [2.75, 3.05) is 34.3 Å². The zero-order valence-electron chi connectivity index (χ0n) is 19.2. The fraction of sp³-hybridized carbons (Fsp3) is 0.391. The van der Waals surface area contributed by atoms with Gasteiger partial charge < -0.3 is 19.6 Å². The van der Waals surface area contributed by atoms with Gasteiger partial charge >= 0.3 is 5.97 Å². The SMILES string of the molecule is COC(=O)c1ccc([C@@H]2/C(=C(\O)c3c(C)nn(C)c3C)C(=O)C(=O)N2CCN(C)C)cc1. The summed E-state index contributed by atoms with van der Waals surface area (Å²) in [7, 11) is 6.79. The Hall–Kier alpha value is -3.46. The van der Waals surface area contributed by atoms with Crippen LogP contribution in [0.2, 0.25) is 0 Å². The van der Waals surface area contributed by atoms with Gasteiger partial charge in [0.2, 0.25) is 0 Å². The van der Waals surface area contributed by atoms with Gasteiger partial charge in [0.05, 0.1) is 35.5 Å². The Morgan fingerprint density at radius 3 is 2.31 bits per heavy atom. The highest BCUT2D eigenvalue weighted by Gasteiger charge is 2.46. The van der Waals surface area contributed by atoms with E-state index in [0.29, 0.717) is 41.2 Å². The molecule has 1 aromatic heterocycles. The van der Waals surface area contributed by atoms with Gasteiger partial charge in [-0.25, -0.2) is 4.79 Å². The number of esters is 1. The van der Waals surface area contributed by atoms with Crippen LogP contribution in [0.15, 0.2) is 29.8 Å². The zero-order chi connectivity index (χ0) is 23.7. The van der Waals surface area contributed by atoms with Gasteiger partial charge in [0.25, 0.3) is 11.7 Å². The molecule has 1 amide bonds. The lowest BCUT2D eigenvalue weighted by Gasteiger charge is -2.26. The van der Waals surface area contributed by atoms with Crippen molar-refractivity contribution in [1.29, 1.82) is 0 Å². The van der Waals surface area contributed by atoms with Crippen molar-refractivity contribution in [3.05, 3.63) is 57.9 Å². The number of likely N-dealkylation sites (N-methyl/N-ethyl adjacent to an activating group) is 1. The molecule has 2 aromatic rings. The van der Waals surface area contributed by atoms with Crippen LogP contribution in [-0.2, 0) is 21.4 Å². The first kappa shape index (κ1) is 23.2. The van der Waals surface area contributed by atoms with E-state index in [1.165, 1.54) is 12.0 Å². The number of aliphatic hydroxyl groups is 1. The fourth-order valence-electron chi connectivity index (χ4n) is 3.94. The molecule has 1 N–H and O–H groups in total. The average Bonchev–Trinajstić information content (AvgIpc) is 3.16. The highest BCUT2D eigenvalue weighted by molar-refractivity contribution is 6.46. The number of ether oxygens (including phenoxy) is 1. The van der Waals surface area contributed by atoms with Crippen molar-refractivity contribution >= 4 is 23.4 Å². The van der Waals surface area contributed by atoms with E-state index in [1.54, 1.807) is 49.8 Å². The summed E-state index contributed by atoms with van der Waals surface area (Å²) in [6.45, 7) is 4.36. The molecule has 9 nitrogen and oxygen atoms in total. The van der Waals surface area contributed by atoms with Crippen LogP contribution in [0.5, 0.6) is 0 Å². The summed E-state index contributed by atoms with van der Waals surface area (Å²) in [6.07, 6.45) is 0. The van der Waals surface area contributed by atoms with Gasteiger partial charge in [-0.05, 0) is 45.6 Å². The van der Waals surface area contributed by atoms with Crippen LogP contribution in [0, 0.1) is 13.8 Å². The number of likely N-dealkylation sites (tertiary alicyclic amines) is 1. The van der Waals surface area contributed by atoms with E-state index in [9.17, 15) is 19.5 Å². The molecule has 9 heteroatoms. The van der Waals surface area contributed by atoms with Crippen molar-refractivity contribution < 1.29 is 24.2 Å². The zero-order valence-corrected chi connectivity index (χ0v) is 19.2. The smallest absolute Gasteiger partial charge is 0.337 e. The van der Waals surface area contributed by atoms with E-state index >= 15 is 0 Å². The first-order chi connectivity index (χ1) is 15.1. The summed E-state index contributed by atoms with van der Waals surface area (Å²) < 4.78 is 6.36. The molecule has 1 atom stereocenters. The number of benzene rings is 1. The van der Waals surface area contributed by atoms with E-state index in [0.717, 1.165) is 0 Å². The molecule has 0 radical (unpaired) electrons. The minimum atomic E-state index is -0.791. The molecule has 32 heavy (non-hydrogen) atoms. The van der Waals surface area contributed by atoms with Crippen LogP contribution < -0.4 is 0 Å². The van der Waals surface area contributed by atoms with E-state index in [-0.39, 0.29) is 11.3 Å². The second kappa shape index (κ2) is 8.96. The van der Waals surface area contributed by atoms with Gasteiger partial charge in [0.15, 0.2) is 0 Å². The molecule has 1 fully saturated rings. The number of carbonyl (C=O) groups excluding carboxylic acids is 3. The first-order valence-corrected chi connectivity index (χ1v) is 10.2. The quantitative estimate of drug-likeness (QED) is 0.316. The van der Waals surface area contributed by atoms with Crippen molar-refractivity contribution in [1.82, 2.24) is 19.6 Å². The number of aryl methyl sites for hydroxylation is 2. The number of rotatable bonds is 6. The molecule has 0 bridgehead atoms. The van der Waals surface area contributed by atoms with Gasteiger partial charge in [-0.15, -0.1) is 0 Å². The maximum Gasteiger partial charge on any atom is 0.337 e. The van der Waals surface area contributed by atoms with Gasteiger partial charge in [0, 0.05) is 25.8 Å². The lowest BCUT2D eigenvalue weighted by atomic mass is 9.94. The predicted octanol–water partition coefficient (Wildman–Crippen LogP) is 1.81. The molecule has 3 rings (SSSR count).